The molecule has 4 rings (SSSR count). The molecule has 0 spiro atoms. The van der Waals surface area contributed by atoms with Crippen molar-refractivity contribution < 1.29 is 13.2 Å². The molecular formula is C28H27F3. The predicted molar refractivity (Wildman–Crippen MR) is 120 cm³/mol. The van der Waals surface area contributed by atoms with Crippen LogP contribution in [0.5, 0.6) is 0 Å². The second-order valence-electron chi connectivity index (χ2n) is 8.59. The highest BCUT2D eigenvalue weighted by molar-refractivity contribution is 5.84. The van der Waals surface area contributed by atoms with Crippen molar-refractivity contribution in [3.63, 3.8) is 0 Å². The van der Waals surface area contributed by atoms with Gasteiger partial charge in [-0.2, -0.15) is 0 Å². The number of halogens is 3. The molecule has 1 fully saturated rings. The van der Waals surface area contributed by atoms with Gasteiger partial charge in [-0.1, -0.05) is 55.5 Å². The van der Waals surface area contributed by atoms with Crippen LogP contribution in [0.3, 0.4) is 0 Å². The van der Waals surface area contributed by atoms with E-state index in [0.717, 1.165) is 38.2 Å². The summed E-state index contributed by atoms with van der Waals surface area (Å²) in [5, 5.41) is 0.403. The van der Waals surface area contributed by atoms with Gasteiger partial charge in [0.15, 0.2) is 17.5 Å². The van der Waals surface area contributed by atoms with Gasteiger partial charge in [-0.15, -0.1) is 0 Å². The first kappa shape index (κ1) is 21.5. The van der Waals surface area contributed by atoms with Gasteiger partial charge in [-0.05, 0) is 79.2 Å². The number of hydrogen-bond acceptors (Lipinski definition) is 0. The van der Waals surface area contributed by atoms with Crippen LogP contribution in [0.1, 0.15) is 68.1 Å². The zero-order chi connectivity index (χ0) is 21.8. The van der Waals surface area contributed by atoms with E-state index in [0.29, 0.717) is 22.8 Å². The lowest BCUT2D eigenvalue weighted by atomic mass is 9.78. The lowest BCUT2D eigenvalue weighted by Gasteiger charge is -2.26. The summed E-state index contributed by atoms with van der Waals surface area (Å²) < 4.78 is 40.8. The summed E-state index contributed by atoms with van der Waals surface area (Å²) in [6, 6.07) is 14.9. The second kappa shape index (κ2) is 9.60. The minimum absolute atomic E-state index is 0.0747. The molecule has 1 aliphatic carbocycles. The highest BCUT2D eigenvalue weighted by Gasteiger charge is 2.21. The Labute approximate surface area is 182 Å². The molecule has 0 N–H and O–H groups in total. The lowest BCUT2D eigenvalue weighted by Crippen LogP contribution is -2.12. The highest BCUT2D eigenvalue weighted by atomic mass is 19.2. The molecule has 0 atom stereocenters. The first-order valence-corrected chi connectivity index (χ1v) is 11.2. The maximum atomic E-state index is 13.9. The van der Waals surface area contributed by atoms with E-state index >= 15 is 0 Å². The van der Waals surface area contributed by atoms with E-state index in [9.17, 15) is 13.2 Å². The topological polar surface area (TPSA) is 0 Å². The Morgan fingerprint density at radius 1 is 0.871 bits per heavy atom. The fraction of sp³-hybridized carbons (Fsp3) is 0.357. The van der Waals surface area contributed by atoms with E-state index in [2.05, 4.69) is 43.0 Å². The molecule has 1 saturated carbocycles. The molecular weight excluding hydrogens is 393 g/mol. The zero-order valence-corrected chi connectivity index (χ0v) is 17.9. The quantitative estimate of drug-likeness (QED) is 0.297. The minimum Gasteiger partial charge on any atom is -0.204 e. The Morgan fingerprint density at radius 3 is 2.32 bits per heavy atom. The average molecular weight is 421 g/mol. The van der Waals surface area contributed by atoms with Gasteiger partial charge >= 0.3 is 0 Å². The van der Waals surface area contributed by atoms with Gasteiger partial charge in [0.2, 0.25) is 0 Å². The van der Waals surface area contributed by atoms with Crippen LogP contribution in [0.4, 0.5) is 13.2 Å². The molecule has 160 valence electrons. The monoisotopic (exact) mass is 420 g/mol. The third kappa shape index (κ3) is 4.96. The van der Waals surface area contributed by atoms with E-state index in [1.807, 2.05) is 0 Å². The van der Waals surface area contributed by atoms with Crippen LogP contribution < -0.4 is 0 Å². The Bertz CT molecular complexity index is 1110. The van der Waals surface area contributed by atoms with Crippen LogP contribution in [0.2, 0.25) is 0 Å². The summed E-state index contributed by atoms with van der Waals surface area (Å²) >= 11 is 0. The Balaban J connectivity index is 1.39. The van der Waals surface area contributed by atoms with Gasteiger partial charge in [-0.3, -0.25) is 0 Å². The Morgan fingerprint density at radius 2 is 1.61 bits per heavy atom. The maximum absolute atomic E-state index is 13.9. The SMILES string of the molecule is CCCCc1ccc(C2CCC(C#Cc3ccc4c(F)c(F)c(F)cc4c3)CC2)cc1. The number of fused-ring (bicyclic) bond motifs is 1. The maximum Gasteiger partial charge on any atom is 0.195 e. The number of rotatable bonds is 4. The molecule has 0 heterocycles. The average Bonchev–Trinajstić information content (AvgIpc) is 2.80. The summed E-state index contributed by atoms with van der Waals surface area (Å²) in [6.07, 6.45) is 7.97. The highest BCUT2D eigenvalue weighted by Crippen LogP contribution is 2.35. The molecule has 0 aliphatic heterocycles. The smallest absolute Gasteiger partial charge is 0.195 e. The van der Waals surface area contributed by atoms with Crippen molar-refractivity contribution in [3.05, 3.63) is 82.7 Å². The van der Waals surface area contributed by atoms with Crippen molar-refractivity contribution in [2.45, 2.75) is 57.8 Å². The first-order chi connectivity index (χ1) is 15.0. The fourth-order valence-corrected chi connectivity index (χ4v) is 4.48. The standard InChI is InChI=1S/C28H27F3/c1-2-3-4-19-7-12-22(13-8-19)23-14-9-20(10-15-23)5-6-21-11-16-25-24(17-21)18-26(29)28(31)27(25)30/h7-8,11-13,16-18,20,23H,2-4,9-10,14-15H2,1H3. The number of benzene rings is 3. The molecule has 3 aromatic carbocycles. The Kier molecular flexibility index (Phi) is 6.66. The van der Waals surface area contributed by atoms with Gasteiger partial charge in [0.1, 0.15) is 0 Å². The molecule has 1 aliphatic rings. The van der Waals surface area contributed by atoms with Gasteiger partial charge in [0.25, 0.3) is 0 Å². The third-order valence-corrected chi connectivity index (χ3v) is 6.39. The van der Waals surface area contributed by atoms with Crippen molar-refractivity contribution in [2.24, 2.45) is 5.92 Å². The number of hydrogen-bond donors (Lipinski definition) is 0. The van der Waals surface area contributed by atoms with E-state index in [1.54, 1.807) is 12.1 Å². The van der Waals surface area contributed by atoms with Crippen LogP contribution >= 0.6 is 0 Å². The fourth-order valence-electron chi connectivity index (χ4n) is 4.48. The first-order valence-electron chi connectivity index (χ1n) is 11.2. The summed E-state index contributed by atoms with van der Waals surface area (Å²) in [7, 11) is 0. The van der Waals surface area contributed by atoms with Crippen molar-refractivity contribution in [2.75, 3.05) is 0 Å². The number of aryl methyl sites for hydroxylation is 1. The molecule has 0 radical (unpaired) electrons. The molecule has 0 saturated heterocycles. The van der Waals surface area contributed by atoms with Crippen molar-refractivity contribution in [1.82, 2.24) is 0 Å². The van der Waals surface area contributed by atoms with Crippen molar-refractivity contribution in [3.8, 4) is 11.8 Å². The third-order valence-electron chi connectivity index (χ3n) is 6.39. The van der Waals surface area contributed by atoms with Gasteiger partial charge in [0, 0.05) is 16.9 Å². The van der Waals surface area contributed by atoms with Crippen LogP contribution in [0.25, 0.3) is 10.8 Å². The van der Waals surface area contributed by atoms with Crippen LogP contribution in [-0.2, 0) is 6.42 Å². The summed E-state index contributed by atoms with van der Waals surface area (Å²) in [4.78, 5) is 0. The molecule has 31 heavy (non-hydrogen) atoms. The molecule has 0 bridgehead atoms. The molecule has 0 unspecified atom stereocenters. The van der Waals surface area contributed by atoms with Crippen molar-refractivity contribution >= 4 is 10.8 Å². The van der Waals surface area contributed by atoms with Crippen LogP contribution in [0.15, 0.2) is 48.5 Å². The van der Waals surface area contributed by atoms with Gasteiger partial charge < -0.3 is 0 Å². The largest absolute Gasteiger partial charge is 0.204 e. The van der Waals surface area contributed by atoms with E-state index in [-0.39, 0.29) is 5.39 Å². The zero-order valence-electron chi connectivity index (χ0n) is 17.9. The van der Waals surface area contributed by atoms with Gasteiger partial charge in [0.05, 0.1) is 0 Å². The molecule has 0 aromatic heterocycles. The van der Waals surface area contributed by atoms with Gasteiger partial charge in [-0.25, -0.2) is 13.2 Å². The number of unbranched alkanes of at least 4 members (excludes halogenated alkanes) is 1. The molecule has 3 heteroatoms. The normalized spacial score (nSPS) is 18.6. The van der Waals surface area contributed by atoms with Crippen LogP contribution in [0, 0.1) is 35.2 Å². The summed E-state index contributed by atoms with van der Waals surface area (Å²) in [6.45, 7) is 2.22. The lowest BCUT2D eigenvalue weighted by molar-refractivity contribution is 0.384. The molecule has 3 aromatic rings. The predicted octanol–water partition coefficient (Wildman–Crippen LogP) is 7.93. The summed E-state index contributed by atoms with van der Waals surface area (Å²) in [5.74, 6) is 3.66. The molecule has 0 amide bonds. The van der Waals surface area contributed by atoms with Crippen molar-refractivity contribution in [1.29, 1.82) is 0 Å². The second-order valence-corrected chi connectivity index (χ2v) is 8.59. The van der Waals surface area contributed by atoms with E-state index < -0.39 is 17.5 Å². The van der Waals surface area contributed by atoms with Crippen LogP contribution in [-0.4, -0.2) is 0 Å². The molecule has 0 nitrogen and oxygen atoms in total. The van der Waals surface area contributed by atoms with E-state index in [4.69, 9.17) is 0 Å². The Hall–Kier alpha value is -2.73. The minimum atomic E-state index is -1.43. The summed E-state index contributed by atoms with van der Waals surface area (Å²) in [5.41, 5.74) is 3.54. The van der Waals surface area contributed by atoms with E-state index in [1.165, 1.54) is 30.0 Å².